The van der Waals surface area contributed by atoms with Crippen LogP contribution in [0.4, 0.5) is 0 Å². The first-order valence-corrected chi connectivity index (χ1v) is 8.12. The third kappa shape index (κ3) is 3.82. The van der Waals surface area contributed by atoms with E-state index in [9.17, 15) is 0 Å². The molecule has 2 heteroatoms. The van der Waals surface area contributed by atoms with E-state index in [2.05, 4.69) is 44.0 Å². The largest absolute Gasteiger partial charge is 0.310 e. The Morgan fingerprint density at radius 2 is 2.16 bits per heavy atom. The lowest BCUT2D eigenvalue weighted by Crippen LogP contribution is -2.50. The summed E-state index contributed by atoms with van der Waals surface area (Å²) in [6.45, 7) is 14.2. The normalized spacial score (nSPS) is 29.6. The van der Waals surface area contributed by atoms with E-state index in [0.717, 1.165) is 6.54 Å². The first kappa shape index (κ1) is 15.1. The summed E-state index contributed by atoms with van der Waals surface area (Å²) < 4.78 is 0. The van der Waals surface area contributed by atoms with Gasteiger partial charge in [-0.1, -0.05) is 45.8 Å². The summed E-state index contributed by atoms with van der Waals surface area (Å²) in [5.74, 6) is 0. The number of rotatable bonds is 4. The fourth-order valence-electron chi connectivity index (χ4n) is 3.74. The van der Waals surface area contributed by atoms with Crippen LogP contribution in [0.2, 0.25) is 0 Å². The lowest BCUT2D eigenvalue weighted by molar-refractivity contribution is 0.188. The highest BCUT2D eigenvalue weighted by Gasteiger charge is 2.34. The van der Waals surface area contributed by atoms with Crippen LogP contribution in [0, 0.1) is 5.41 Å². The van der Waals surface area contributed by atoms with Crippen LogP contribution in [0.5, 0.6) is 0 Å². The molecule has 0 aliphatic carbocycles. The molecule has 0 amide bonds. The Morgan fingerprint density at radius 1 is 1.37 bits per heavy atom. The van der Waals surface area contributed by atoms with Crippen molar-refractivity contribution in [2.75, 3.05) is 26.2 Å². The van der Waals surface area contributed by atoms with Crippen molar-refractivity contribution in [3.63, 3.8) is 0 Å². The van der Waals surface area contributed by atoms with E-state index in [1.54, 1.807) is 5.57 Å². The molecule has 2 aliphatic rings. The smallest absolute Gasteiger partial charge is 0.0309 e. The van der Waals surface area contributed by atoms with Gasteiger partial charge in [-0.15, -0.1) is 0 Å². The molecule has 1 unspecified atom stereocenters. The van der Waals surface area contributed by atoms with E-state index in [-0.39, 0.29) is 0 Å². The number of hydrogen-bond acceptors (Lipinski definition) is 2. The number of hydrogen-bond donors (Lipinski definition) is 1. The van der Waals surface area contributed by atoms with E-state index in [1.807, 2.05) is 0 Å². The van der Waals surface area contributed by atoms with Gasteiger partial charge < -0.3 is 5.32 Å². The van der Waals surface area contributed by atoms with Crippen molar-refractivity contribution in [1.29, 1.82) is 0 Å². The molecule has 1 N–H and O–H groups in total. The molecule has 1 atom stereocenters. The second kappa shape index (κ2) is 5.97. The standard InChI is InChI=1S/C17H32N2/c1-5-9-17(10-6-11-18-17)14-19-12-7-15(8-13-19)16(2,3)4/h7,18H,5-6,8-14H2,1-4H3. The highest BCUT2D eigenvalue weighted by atomic mass is 15.2. The third-order valence-electron chi connectivity index (χ3n) is 4.84. The van der Waals surface area contributed by atoms with Crippen molar-refractivity contribution in [3.05, 3.63) is 11.6 Å². The Labute approximate surface area is 119 Å². The molecule has 2 aliphatic heterocycles. The highest BCUT2D eigenvalue weighted by molar-refractivity contribution is 5.15. The summed E-state index contributed by atoms with van der Waals surface area (Å²) in [6.07, 6.45) is 9.09. The molecule has 110 valence electrons. The molecule has 0 aromatic carbocycles. The second-order valence-corrected chi connectivity index (χ2v) is 7.53. The summed E-state index contributed by atoms with van der Waals surface area (Å²) in [5, 5.41) is 3.80. The molecule has 1 saturated heterocycles. The van der Waals surface area contributed by atoms with Crippen LogP contribution in [0.15, 0.2) is 11.6 Å². The maximum atomic E-state index is 3.80. The molecule has 2 nitrogen and oxygen atoms in total. The molecule has 0 spiro atoms. The van der Waals surface area contributed by atoms with E-state index >= 15 is 0 Å². The number of nitrogens with one attached hydrogen (secondary N) is 1. The van der Waals surface area contributed by atoms with Crippen molar-refractivity contribution in [2.45, 2.75) is 65.3 Å². The van der Waals surface area contributed by atoms with Gasteiger partial charge >= 0.3 is 0 Å². The Morgan fingerprint density at radius 3 is 2.63 bits per heavy atom. The molecule has 19 heavy (non-hydrogen) atoms. The van der Waals surface area contributed by atoms with Crippen LogP contribution in [0.25, 0.3) is 0 Å². The minimum atomic E-state index is 0.360. The molecule has 0 aromatic heterocycles. The molecule has 1 fully saturated rings. The fourth-order valence-corrected chi connectivity index (χ4v) is 3.74. The SMILES string of the molecule is CCCC1(CN2CC=C(C(C)(C)C)CC2)CCCN1. The third-order valence-corrected chi connectivity index (χ3v) is 4.84. The van der Waals surface area contributed by atoms with Gasteiger partial charge in [0, 0.05) is 25.2 Å². The van der Waals surface area contributed by atoms with Gasteiger partial charge in [-0.25, -0.2) is 0 Å². The zero-order valence-electron chi connectivity index (χ0n) is 13.4. The molecule has 0 radical (unpaired) electrons. The van der Waals surface area contributed by atoms with Crippen LogP contribution in [-0.4, -0.2) is 36.6 Å². The van der Waals surface area contributed by atoms with Crippen LogP contribution in [-0.2, 0) is 0 Å². The average Bonchev–Trinajstić information content (AvgIpc) is 2.77. The molecule has 0 bridgehead atoms. The predicted molar refractivity (Wildman–Crippen MR) is 83.5 cm³/mol. The average molecular weight is 264 g/mol. The molecular weight excluding hydrogens is 232 g/mol. The Hall–Kier alpha value is -0.340. The molecule has 0 saturated carbocycles. The van der Waals surface area contributed by atoms with Gasteiger partial charge in [0.25, 0.3) is 0 Å². The van der Waals surface area contributed by atoms with Crippen molar-refractivity contribution < 1.29 is 0 Å². The van der Waals surface area contributed by atoms with Crippen LogP contribution in [0.3, 0.4) is 0 Å². The Balaban J connectivity index is 1.93. The molecular formula is C17H32N2. The monoisotopic (exact) mass is 264 g/mol. The summed E-state index contributed by atoms with van der Waals surface area (Å²) in [6, 6.07) is 0. The van der Waals surface area contributed by atoms with Gasteiger partial charge in [-0.05, 0) is 37.6 Å². The van der Waals surface area contributed by atoms with Crippen molar-refractivity contribution >= 4 is 0 Å². The summed E-state index contributed by atoms with van der Waals surface area (Å²) >= 11 is 0. The number of nitrogens with zero attached hydrogens (tertiary/aromatic N) is 1. The molecule has 2 heterocycles. The Bertz CT molecular complexity index is 319. The second-order valence-electron chi connectivity index (χ2n) is 7.53. The van der Waals surface area contributed by atoms with Crippen molar-refractivity contribution in [1.82, 2.24) is 10.2 Å². The Kier molecular flexibility index (Phi) is 4.73. The van der Waals surface area contributed by atoms with E-state index in [4.69, 9.17) is 0 Å². The maximum Gasteiger partial charge on any atom is 0.0309 e. The van der Waals surface area contributed by atoms with Gasteiger partial charge in [0.15, 0.2) is 0 Å². The summed E-state index contributed by atoms with van der Waals surface area (Å²) in [7, 11) is 0. The van der Waals surface area contributed by atoms with Gasteiger partial charge in [-0.3, -0.25) is 4.90 Å². The van der Waals surface area contributed by atoms with Crippen LogP contribution >= 0.6 is 0 Å². The van der Waals surface area contributed by atoms with E-state index in [0.29, 0.717) is 11.0 Å². The summed E-state index contributed by atoms with van der Waals surface area (Å²) in [4.78, 5) is 2.66. The highest BCUT2D eigenvalue weighted by Crippen LogP contribution is 2.32. The van der Waals surface area contributed by atoms with Gasteiger partial charge in [0.2, 0.25) is 0 Å². The van der Waals surface area contributed by atoms with Crippen molar-refractivity contribution in [2.24, 2.45) is 5.41 Å². The van der Waals surface area contributed by atoms with Gasteiger partial charge in [-0.2, -0.15) is 0 Å². The van der Waals surface area contributed by atoms with E-state index < -0.39 is 0 Å². The van der Waals surface area contributed by atoms with Crippen LogP contribution < -0.4 is 5.32 Å². The van der Waals surface area contributed by atoms with Crippen LogP contribution in [0.1, 0.15) is 59.8 Å². The first-order chi connectivity index (χ1) is 8.95. The zero-order valence-corrected chi connectivity index (χ0v) is 13.4. The fraction of sp³-hybridized carbons (Fsp3) is 0.882. The maximum absolute atomic E-state index is 3.80. The lowest BCUT2D eigenvalue weighted by atomic mass is 9.82. The van der Waals surface area contributed by atoms with Crippen molar-refractivity contribution in [3.8, 4) is 0 Å². The zero-order chi connectivity index (χ0) is 13.9. The summed E-state index contributed by atoms with van der Waals surface area (Å²) in [5.41, 5.74) is 2.42. The van der Waals surface area contributed by atoms with E-state index in [1.165, 1.54) is 51.7 Å². The molecule has 2 rings (SSSR count). The minimum Gasteiger partial charge on any atom is -0.310 e. The predicted octanol–water partition coefficient (Wildman–Crippen LogP) is 3.59. The van der Waals surface area contributed by atoms with Gasteiger partial charge in [0.05, 0.1) is 0 Å². The lowest BCUT2D eigenvalue weighted by Gasteiger charge is -2.38. The molecule has 0 aromatic rings. The van der Waals surface area contributed by atoms with Gasteiger partial charge in [0.1, 0.15) is 0 Å². The minimum absolute atomic E-state index is 0.360. The topological polar surface area (TPSA) is 15.3 Å². The quantitative estimate of drug-likeness (QED) is 0.781. The first-order valence-electron chi connectivity index (χ1n) is 8.12.